The molecule has 0 saturated heterocycles. The highest BCUT2D eigenvalue weighted by Crippen LogP contribution is 2.14. The Labute approximate surface area is 160 Å². The van der Waals surface area contributed by atoms with Gasteiger partial charge in [-0.2, -0.15) is 0 Å². The summed E-state index contributed by atoms with van der Waals surface area (Å²) < 4.78 is 4.98. The van der Waals surface area contributed by atoms with Crippen molar-refractivity contribution in [1.82, 2.24) is 5.32 Å². The van der Waals surface area contributed by atoms with Crippen molar-refractivity contribution in [3.63, 3.8) is 0 Å². The Morgan fingerprint density at radius 3 is 2.04 bits per heavy atom. The van der Waals surface area contributed by atoms with Crippen molar-refractivity contribution in [2.75, 3.05) is 13.2 Å². The molecule has 0 radical (unpaired) electrons. The molecular formula is C19H19N3O6. The molecule has 9 heteroatoms. The Kier molecular flexibility index (Phi) is 6.83. The number of Topliss-reactive ketones (excluding diaryl/α,β-unsaturated/α-hetero) is 1. The summed E-state index contributed by atoms with van der Waals surface area (Å²) in [5, 5.41) is 27.9. The molecule has 0 saturated carbocycles. The van der Waals surface area contributed by atoms with Gasteiger partial charge in [0.15, 0.2) is 12.4 Å². The van der Waals surface area contributed by atoms with Crippen molar-refractivity contribution in [3.8, 4) is 5.75 Å². The quantitative estimate of drug-likeness (QED) is 0.237. The zero-order valence-corrected chi connectivity index (χ0v) is 14.7. The topological polar surface area (TPSA) is 163 Å². The lowest BCUT2D eigenvalue weighted by Gasteiger charge is -2.16. The molecule has 1 amide bonds. The number of nitrogen functional groups attached to an aromatic ring is 1. The fourth-order valence-electron chi connectivity index (χ4n) is 2.30. The van der Waals surface area contributed by atoms with Crippen LogP contribution in [0.25, 0.3) is 0 Å². The van der Waals surface area contributed by atoms with Gasteiger partial charge in [0, 0.05) is 16.7 Å². The van der Waals surface area contributed by atoms with Crippen LogP contribution in [-0.2, 0) is 4.79 Å². The summed E-state index contributed by atoms with van der Waals surface area (Å²) in [6, 6.07) is 10.4. The van der Waals surface area contributed by atoms with E-state index in [1.54, 1.807) is 0 Å². The summed E-state index contributed by atoms with van der Waals surface area (Å²) >= 11 is 0. The van der Waals surface area contributed by atoms with Crippen molar-refractivity contribution >= 4 is 23.5 Å². The maximum atomic E-state index is 12.5. The predicted molar refractivity (Wildman–Crippen MR) is 99.7 cm³/mol. The van der Waals surface area contributed by atoms with Crippen LogP contribution in [0.2, 0.25) is 0 Å². The molecule has 0 bridgehead atoms. The van der Waals surface area contributed by atoms with Gasteiger partial charge in [-0.3, -0.25) is 15.0 Å². The van der Waals surface area contributed by atoms with Gasteiger partial charge in [0.2, 0.25) is 0 Å². The van der Waals surface area contributed by atoms with E-state index >= 15 is 0 Å². The number of aliphatic hydroxyl groups is 1. The molecule has 0 aliphatic carbocycles. The third-order valence-electron chi connectivity index (χ3n) is 3.76. The number of carboxylic acids is 1. The molecular weight excluding hydrogens is 366 g/mol. The molecule has 2 aromatic carbocycles. The van der Waals surface area contributed by atoms with Gasteiger partial charge >= 0.3 is 5.97 Å². The number of aliphatic hydroxyl groups excluding tert-OH is 1. The summed E-state index contributed by atoms with van der Waals surface area (Å²) in [6.07, 6.45) is 0. The van der Waals surface area contributed by atoms with Crippen LogP contribution < -0.4 is 15.8 Å². The number of ether oxygens (including phenoxy) is 1. The summed E-state index contributed by atoms with van der Waals surface area (Å²) in [5.74, 6) is -2.07. The minimum absolute atomic E-state index is 0.133. The molecule has 9 nitrogen and oxygen atoms in total. The second-order valence-corrected chi connectivity index (χ2v) is 5.77. The number of nitrogens with one attached hydrogen (secondary N) is 2. The molecule has 0 heterocycles. The van der Waals surface area contributed by atoms with Gasteiger partial charge in [0.1, 0.15) is 17.6 Å². The Morgan fingerprint density at radius 1 is 1.00 bits per heavy atom. The highest BCUT2D eigenvalue weighted by Gasteiger charge is 2.22. The number of benzene rings is 2. The molecule has 6 N–H and O–H groups in total. The van der Waals surface area contributed by atoms with E-state index in [1.807, 2.05) is 0 Å². The van der Waals surface area contributed by atoms with E-state index in [2.05, 4.69) is 5.32 Å². The third kappa shape index (κ3) is 5.39. The van der Waals surface area contributed by atoms with Crippen LogP contribution in [-0.4, -0.2) is 53.0 Å². The Hall–Kier alpha value is -3.72. The van der Waals surface area contributed by atoms with Crippen LogP contribution in [0.5, 0.6) is 5.75 Å². The van der Waals surface area contributed by atoms with E-state index in [-0.39, 0.29) is 22.7 Å². The summed E-state index contributed by atoms with van der Waals surface area (Å²) in [4.78, 5) is 35.3. The second kappa shape index (κ2) is 9.28. The molecule has 2 rings (SSSR count). The normalized spacial score (nSPS) is 11.3. The summed E-state index contributed by atoms with van der Waals surface area (Å²) in [7, 11) is 0. The van der Waals surface area contributed by atoms with Crippen LogP contribution in [0.1, 0.15) is 26.3 Å². The SMILES string of the molecule is N=C(N)c1ccc(C(=O)NC(CO)C(=O)c2ccc(OCC(=O)O)cc2)cc1. The molecule has 0 aliphatic heterocycles. The number of hydrogen-bond donors (Lipinski definition) is 5. The number of nitrogens with two attached hydrogens (primary N) is 1. The van der Waals surface area contributed by atoms with Gasteiger partial charge < -0.3 is 26.0 Å². The minimum atomic E-state index is -1.16. The van der Waals surface area contributed by atoms with Crippen LogP contribution >= 0.6 is 0 Å². The number of carboxylic acid groups (broad SMARTS) is 1. The average Bonchev–Trinajstić information content (AvgIpc) is 2.70. The van der Waals surface area contributed by atoms with E-state index < -0.39 is 36.9 Å². The maximum absolute atomic E-state index is 12.5. The molecule has 1 unspecified atom stereocenters. The van der Waals surface area contributed by atoms with E-state index in [0.717, 1.165) is 0 Å². The van der Waals surface area contributed by atoms with E-state index in [9.17, 15) is 19.5 Å². The lowest BCUT2D eigenvalue weighted by atomic mass is 10.0. The van der Waals surface area contributed by atoms with E-state index in [1.165, 1.54) is 48.5 Å². The van der Waals surface area contributed by atoms with Crippen molar-refractivity contribution < 1.29 is 29.3 Å². The first-order valence-electron chi connectivity index (χ1n) is 8.17. The van der Waals surface area contributed by atoms with Crippen LogP contribution in [0.3, 0.4) is 0 Å². The zero-order chi connectivity index (χ0) is 20.7. The Morgan fingerprint density at radius 2 is 1.54 bits per heavy atom. The number of carbonyl (C=O) groups excluding carboxylic acids is 2. The van der Waals surface area contributed by atoms with Crippen LogP contribution in [0.4, 0.5) is 0 Å². The van der Waals surface area contributed by atoms with Gasteiger partial charge in [-0.05, 0) is 36.4 Å². The van der Waals surface area contributed by atoms with Gasteiger partial charge in [-0.25, -0.2) is 4.79 Å². The first-order valence-corrected chi connectivity index (χ1v) is 8.17. The molecule has 0 fully saturated rings. The van der Waals surface area contributed by atoms with Gasteiger partial charge in [-0.1, -0.05) is 12.1 Å². The Bertz CT molecular complexity index is 878. The third-order valence-corrected chi connectivity index (χ3v) is 3.76. The van der Waals surface area contributed by atoms with E-state index in [4.69, 9.17) is 21.0 Å². The number of amides is 1. The number of rotatable bonds is 9. The standard InChI is InChI=1S/C19H19N3O6/c20-18(21)12-1-3-13(4-2-12)19(27)22-15(9-23)17(26)11-5-7-14(8-6-11)28-10-16(24)25/h1-8,15,23H,9-10H2,(H3,20,21)(H,22,27)(H,24,25). The number of aliphatic carboxylic acids is 1. The highest BCUT2D eigenvalue weighted by molar-refractivity contribution is 6.04. The molecule has 0 aliphatic rings. The monoisotopic (exact) mass is 385 g/mol. The Balaban J connectivity index is 2.05. The van der Waals surface area contributed by atoms with Crippen molar-refractivity contribution in [2.45, 2.75) is 6.04 Å². The van der Waals surface area contributed by atoms with Crippen LogP contribution in [0, 0.1) is 5.41 Å². The molecule has 2 aromatic rings. The fourth-order valence-corrected chi connectivity index (χ4v) is 2.30. The average molecular weight is 385 g/mol. The number of carbonyl (C=O) groups is 3. The first kappa shape index (κ1) is 20.6. The lowest BCUT2D eigenvalue weighted by molar-refractivity contribution is -0.139. The molecule has 28 heavy (non-hydrogen) atoms. The molecule has 0 aromatic heterocycles. The number of hydrogen-bond acceptors (Lipinski definition) is 6. The summed E-state index contributed by atoms with van der Waals surface area (Å²) in [5.41, 5.74) is 6.27. The molecule has 0 spiro atoms. The first-order chi connectivity index (χ1) is 13.3. The second-order valence-electron chi connectivity index (χ2n) is 5.77. The fraction of sp³-hybridized carbons (Fsp3) is 0.158. The van der Waals surface area contributed by atoms with Gasteiger partial charge in [0.05, 0.1) is 6.61 Å². The molecule has 1 atom stereocenters. The van der Waals surface area contributed by atoms with Gasteiger partial charge in [0.25, 0.3) is 5.91 Å². The zero-order valence-electron chi connectivity index (χ0n) is 14.7. The lowest BCUT2D eigenvalue weighted by Crippen LogP contribution is -2.43. The van der Waals surface area contributed by atoms with Crippen molar-refractivity contribution in [1.29, 1.82) is 5.41 Å². The largest absolute Gasteiger partial charge is 0.482 e. The maximum Gasteiger partial charge on any atom is 0.341 e. The summed E-state index contributed by atoms with van der Waals surface area (Å²) in [6.45, 7) is -1.11. The highest BCUT2D eigenvalue weighted by atomic mass is 16.5. The molecule has 146 valence electrons. The van der Waals surface area contributed by atoms with Crippen molar-refractivity contribution in [3.05, 3.63) is 65.2 Å². The van der Waals surface area contributed by atoms with E-state index in [0.29, 0.717) is 5.56 Å². The minimum Gasteiger partial charge on any atom is -0.482 e. The smallest absolute Gasteiger partial charge is 0.341 e. The predicted octanol–water partition coefficient (Wildman–Crippen LogP) is 0.408. The van der Waals surface area contributed by atoms with Crippen molar-refractivity contribution in [2.24, 2.45) is 5.73 Å². The van der Waals surface area contributed by atoms with Crippen LogP contribution in [0.15, 0.2) is 48.5 Å². The number of ketones is 1. The number of amidine groups is 1. The van der Waals surface area contributed by atoms with Gasteiger partial charge in [-0.15, -0.1) is 0 Å².